The van der Waals surface area contributed by atoms with Gasteiger partial charge in [0.15, 0.2) is 5.13 Å². The fourth-order valence-electron chi connectivity index (χ4n) is 1.61. The van der Waals surface area contributed by atoms with Crippen molar-refractivity contribution >= 4 is 40.5 Å². The average molecular weight is 334 g/mol. The summed E-state index contributed by atoms with van der Waals surface area (Å²) in [7, 11) is 2.03. The molecule has 2 rings (SSSR count). The first kappa shape index (κ1) is 17.0. The zero-order valence-corrected chi connectivity index (χ0v) is 13.5. The molecular formula is C13H17Cl2N3OS. The number of hydrogen-bond donors (Lipinski definition) is 1. The van der Waals surface area contributed by atoms with Gasteiger partial charge in [0.2, 0.25) is 0 Å². The zero-order chi connectivity index (χ0) is 13.7. The Labute approximate surface area is 133 Å². The molecule has 0 bridgehead atoms. The predicted molar refractivity (Wildman–Crippen MR) is 87.1 cm³/mol. The fraction of sp³-hybridized carbons (Fsp3) is 0.308. The topological polar surface area (TPSA) is 51.4 Å². The second-order valence-corrected chi connectivity index (χ2v) is 5.74. The van der Waals surface area contributed by atoms with E-state index in [-0.39, 0.29) is 12.4 Å². The molecule has 0 unspecified atom stereocenters. The van der Waals surface area contributed by atoms with E-state index in [1.165, 1.54) is 11.3 Å². The molecule has 2 N–H and O–H groups in total. The minimum Gasteiger partial charge on any atom is -0.491 e. The van der Waals surface area contributed by atoms with Gasteiger partial charge in [0.25, 0.3) is 0 Å². The van der Waals surface area contributed by atoms with E-state index in [1.807, 2.05) is 37.5 Å². The Bertz CT molecular complexity index is 536. The molecule has 0 amide bonds. The molecule has 0 aliphatic heterocycles. The van der Waals surface area contributed by atoms with Gasteiger partial charge in [-0.25, -0.2) is 4.98 Å². The van der Waals surface area contributed by atoms with Crippen molar-refractivity contribution in [2.75, 3.05) is 25.9 Å². The molecule has 0 aliphatic rings. The summed E-state index contributed by atoms with van der Waals surface area (Å²) in [5, 5.41) is 1.25. The monoisotopic (exact) mass is 333 g/mol. The molecule has 0 saturated carbocycles. The maximum Gasteiger partial charge on any atom is 0.180 e. The van der Waals surface area contributed by atoms with Crippen LogP contribution in [-0.4, -0.2) is 30.1 Å². The van der Waals surface area contributed by atoms with Gasteiger partial charge < -0.3 is 10.5 Å². The van der Waals surface area contributed by atoms with Crippen LogP contribution in [-0.2, 0) is 6.54 Å². The van der Waals surface area contributed by atoms with Crippen LogP contribution in [0.4, 0.5) is 5.13 Å². The van der Waals surface area contributed by atoms with Gasteiger partial charge in [0, 0.05) is 24.2 Å². The van der Waals surface area contributed by atoms with E-state index >= 15 is 0 Å². The molecule has 2 aromatic rings. The maximum atomic E-state index is 6.01. The van der Waals surface area contributed by atoms with Gasteiger partial charge >= 0.3 is 0 Å². The van der Waals surface area contributed by atoms with Crippen molar-refractivity contribution < 1.29 is 4.74 Å². The van der Waals surface area contributed by atoms with Crippen molar-refractivity contribution in [2.24, 2.45) is 0 Å². The quantitative estimate of drug-likeness (QED) is 0.881. The summed E-state index contributed by atoms with van der Waals surface area (Å²) < 4.78 is 5.64. The molecule has 0 aliphatic carbocycles. The Kier molecular flexibility index (Phi) is 7.09. The first-order valence-electron chi connectivity index (χ1n) is 5.91. The number of benzene rings is 1. The van der Waals surface area contributed by atoms with Crippen LogP contribution >= 0.6 is 35.3 Å². The van der Waals surface area contributed by atoms with E-state index in [0.29, 0.717) is 16.8 Å². The minimum atomic E-state index is 0. The largest absolute Gasteiger partial charge is 0.491 e. The highest BCUT2D eigenvalue weighted by atomic mass is 35.5. The molecule has 110 valence electrons. The first-order chi connectivity index (χ1) is 9.15. The summed E-state index contributed by atoms with van der Waals surface area (Å²) in [6, 6.07) is 7.48. The van der Waals surface area contributed by atoms with Gasteiger partial charge in [-0.15, -0.1) is 23.7 Å². The number of rotatable bonds is 6. The average Bonchev–Trinajstić information content (AvgIpc) is 2.77. The van der Waals surface area contributed by atoms with E-state index in [1.54, 1.807) is 0 Å². The minimum absolute atomic E-state index is 0. The summed E-state index contributed by atoms with van der Waals surface area (Å²) in [4.78, 5) is 7.34. The summed E-state index contributed by atoms with van der Waals surface area (Å²) in [5.74, 6) is 0.722. The van der Waals surface area contributed by atoms with Crippen LogP contribution in [0.2, 0.25) is 5.02 Å². The van der Waals surface area contributed by atoms with Crippen molar-refractivity contribution in [3.8, 4) is 5.75 Å². The van der Waals surface area contributed by atoms with Crippen LogP contribution in [0.1, 0.15) is 4.88 Å². The summed E-state index contributed by atoms with van der Waals surface area (Å²) in [6.45, 7) is 2.22. The smallest absolute Gasteiger partial charge is 0.180 e. The fourth-order valence-corrected chi connectivity index (χ4v) is 2.57. The van der Waals surface area contributed by atoms with E-state index < -0.39 is 0 Å². The number of likely N-dealkylation sites (N-methyl/N-ethyl adjacent to an activating group) is 1. The molecule has 1 heterocycles. The number of halogens is 2. The number of aromatic nitrogens is 1. The number of para-hydroxylation sites is 1. The van der Waals surface area contributed by atoms with Crippen molar-refractivity contribution in [2.45, 2.75) is 6.54 Å². The Morgan fingerprint density at radius 2 is 2.15 bits per heavy atom. The third-order valence-corrected chi connectivity index (χ3v) is 3.69. The van der Waals surface area contributed by atoms with Crippen molar-refractivity contribution in [1.29, 1.82) is 0 Å². The highest BCUT2D eigenvalue weighted by Crippen LogP contribution is 2.23. The van der Waals surface area contributed by atoms with Crippen LogP contribution in [0.3, 0.4) is 0 Å². The maximum absolute atomic E-state index is 6.01. The number of anilines is 1. The highest BCUT2D eigenvalue weighted by molar-refractivity contribution is 7.15. The van der Waals surface area contributed by atoms with Crippen molar-refractivity contribution in [3.05, 3.63) is 40.4 Å². The van der Waals surface area contributed by atoms with E-state index in [0.717, 1.165) is 23.7 Å². The number of hydrogen-bond acceptors (Lipinski definition) is 5. The normalized spacial score (nSPS) is 10.3. The zero-order valence-electron chi connectivity index (χ0n) is 11.1. The molecule has 0 radical (unpaired) electrons. The van der Waals surface area contributed by atoms with E-state index in [4.69, 9.17) is 22.1 Å². The van der Waals surface area contributed by atoms with Gasteiger partial charge in [0.05, 0.1) is 5.02 Å². The van der Waals surface area contributed by atoms with Crippen LogP contribution < -0.4 is 10.5 Å². The van der Waals surface area contributed by atoms with Crippen molar-refractivity contribution in [3.63, 3.8) is 0 Å². The van der Waals surface area contributed by atoms with E-state index in [2.05, 4.69) is 9.88 Å². The van der Waals surface area contributed by atoms with Crippen LogP contribution in [0.5, 0.6) is 5.75 Å². The predicted octanol–water partition coefficient (Wildman–Crippen LogP) is 3.31. The number of nitrogens with zero attached hydrogens (tertiary/aromatic N) is 2. The molecule has 0 spiro atoms. The Hall–Kier alpha value is -1.01. The Morgan fingerprint density at radius 1 is 1.40 bits per heavy atom. The Balaban J connectivity index is 0.00000200. The lowest BCUT2D eigenvalue weighted by molar-refractivity contribution is 0.234. The molecular weight excluding hydrogens is 317 g/mol. The molecule has 0 fully saturated rings. The Morgan fingerprint density at radius 3 is 2.80 bits per heavy atom. The number of thiazole rings is 1. The van der Waals surface area contributed by atoms with Gasteiger partial charge in [-0.2, -0.15) is 0 Å². The van der Waals surface area contributed by atoms with Crippen LogP contribution in [0.15, 0.2) is 30.5 Å². The number of ether oxygens (including phenoxy) is 1. The second-order valence-electron chi connectivity index (χ2n) is 4.18. The first-order valence-corrected chi connectivity index (χ1v) is 7.10. The lowest BCUT2D eigenvalue weighted by Crippen LogP contribution is -2.23. The van der Waals surface area contributed by atoms with Gasteiger partial charge in [-0.1, -0.05) is 23.7 Å². The van der Waals surface area contributed by atoms with Crippen LogP contribution in [0.25, 0.3) is 0 Å². The summed E-state index contributed by atoms with van der Waals surface area (Å²) in [5.41, 5.74) is 5.60. The number of nitrogens with two attached hydrogens (primary N) is 1. The molecule has 20 heavy (non-hydrogen) atoms. The van der Waals surface area contributed by atoms with Gasteiger partial charge in [-0.05, 0) is 19.2 Å². The van der Waals surface area contributed by atoms with Crippen molar-refractivity contribution in [1.82, 2.24) is 9.88 Å². The second kappa shape index (κ2) is 8.32. The van der Waals surface area contributed by atoms with Gasteiger partial charge in [0.1, 0.15) is 12.4 Å². The third kappa shape index (κ3) is 5.17. The highest BCUT2D eigenvalue weighted by Gasteiger charge is 2.05. The molecule has 7 heteroatoms. The summed E-state index contributed by atoms with van der Waals surface area (Å²) in [6.07, 6.45) is 1.81. The molecule has 1 aromatic carbocycles. The molecule has 1 aromatic heterocycles. The third-order valence-electron chi connectivity index (χ3n) is 2.56. The standard InChI is InChI=1S/C13H16ClN3OS.ClH/c1-17(9-10-8-16-13(15)19-10)6-7-18-12-5-3-2-4-11(12)14;/h2-5,8H,6-7,9H2,1H3,(H2,15,16);1H. The SMILES string of the molecule is CN(CCOc1ccccc1Cl)Cc1cnc(N)s1.Cl. The molecule has 0 atom stereocenters. The molecule has 0 saturated heterocycles. The van der Waals surface area contributed by atoms with Gasteiger partial charge in [-0.3, -0.25) is 4.90 Å². The number of nitrogen functional groups attached to an aromatic ring is 1. The lowest BCUT2D eigenvalue weighted by Gasteiger charge is -2.16. The summed E-state index contributed by atoms with van der Waals surface area (Å²) >= 11 is 7.52. The van der Waals surface area contributed by atoms with E-state index in [9.17, 15) is 0 Å². The molecule has 4 nitrogen and oxygen atoms in total. The lowest BCUT2D eigenvalue weighted by atomic mass is 10.3. The van der Waals surface area contributed by atoms with Crippen LogP contribution in [0, 0.1) is 0 Å².